The number of benzene rings is 1. The minimum absolute atomic E-state index is 0.483. The Hall–Kier alpha value is -0.870. The maximum atomic E-state index is 5.81. The molecule has 1 heterocycles. The summed E-state index contributed by atoms with van der Waals surface area (Å²) in [6.45, 7) is 6.88. The van der Waals surface area contributed by atoms with Crippen LogP contribution in [0.25, 0.3) is 0 Å². The Morgan fingerprint density at radius 1 is 1.39 bits per heavy atom. The first-order valence-corrected chi connectivity index (χ1v) is 7.57. The van der Waals surface area contributed by atoms with E-state index in [-0.39, 0.29) is 0 Å². The molecule has 0 fully saturated rings. The van der Waals surface area contributed by atoms with Crippen LogP contribution in [0.2, 0.25) is 0 Å². The molecule has 2 aromatic rings. The number of rotatable bonds is 4. The number of halogens is 1. The molecule has 0 radical (unpaired) electrons. The van der Waals surface area contributed by atoms with Crippen molar-refractivity contribution in [3.63, 3.8) is 0 Å². The van der Waals surface area contributed by atoms with E-state index in [1.165, 1.54) is 5.01 Å². The summed E-state index contributed by atoms with van der Waals surface area (Å²) in [5.41, 5.74) is 2.14. The molecule has 0 aliphatic heterocycles. The summed E-state index contributed by atoms with van der Waals surface area (Å²) in [4.78, 5) is 4.56. The maximum absolute atomic E-state index is 5.81. The first-order valence-electron chi connectivity index (χ1n) is 5.89. The summed E-state index contributed by atoms with van der Waals surface area (Å²) in [6, 6.07) is 6.05. The van der Waals surface area contributed by atoms with Crippen LogP contribution in [-0.2, 0) is 6.61 Å². The summed E-state index contributed by atoms with van der Waals surface area (Å²) in [5.74, 6) is 1.39. The summed E-state index contributed by atoms with van der Waals surface area (Å²) in [5, 5.41) is 3.24. The van der Waals surface area contributed by atoms with E-state index >= 15 is 0 Å². The number of hydrogen-bond acceptors (Lipinski definition) is 3. The summed E-state index contributed by atoms with van der Waals surface area (Å²) in [6.07, 6.45) is 0. The van der Waals surface area contributed by atoms with E-state index in [1.807, 2.05) is 25.1 Å². The molecular formula is C14H16BrNOS. The molecule has 2 rings (SSSR count). The van der Waals surface area contributed by atoms with Crippen molar-refractivity contribution in [2.24, 2.45) is 0 Å². The van der Waals surface area contributed by atoms with Crippen LogP contribution in [0, 0.1) is 6.92 Å². The number of aryl methyl sites for hydroxylation is 1. The molecule has 0 N–H and O–H groups in total. The quantitative estimate of drug-likeness (QED) is 0.796. The van der Waals surface area contributed by atoms with Gasteiger partial charge < -0.3 is 4.74 Å². The Labute approximate surface area is 120 Å². The van der Waals surface area contributed by atoms with Gasteiger partial charge >= 0.3 is 0 Å². The third-order valence-electron chi connectivity index (χ3n) is 2.59. The first-order chi connectivity index (χ1) is 8.56. The van der Waals surface area contributed by atoms with E-state index in [4.69, 9.17) is 4.74 Å². The molecule has 0 unspecified atom stereocenters. The van der Waals surface area contributed by atoms with E-state index in [0.717, 1.165) is 21.5 Å². The zero-order chi connectivity index (χ0) is 13.1. The Kier molecular flexibility index (Phi) is 4.40. The van der Waals surface area contributed by atoms with Gasteiger partial charge in [0.2, 0.25) is 0 Å². The highest BCUT2D eigenvalue weighted by Gasteiger charge is 2.07. The summed E-state index contributed by atoms with van der Waals surface area (Å²) in [7, 11) is 0. The number of ether oxygens (including phenoxy) is 1. The first kappa shape index (κ1) is 13.6. The van der Waals surface area contributed by atoms with Crippen LogP contribution >= 0.6 is 27.3 Å². The number of hydrogen-bond donors (Lipinski definition) is 0. The second kappa shape index (κ2) is 5.85. The van der Waals surface area contributed by atoms with Gasteiger partial charge in [0.15, 0.2) is 0 Å². The lowest BCUT2D eigenvalue weighted by molar-refractivity contribution is 0.299. The molecule has 2 nitrogen and oxygen atoms in total. The molecule has 0 amide bonds. The number of thiazole rings is 1. The molecule has 0 atom stereocenters. The lowest BCUT2D eigenvalue weighted by atomic mass is 10.2. The molecule has 0 aliphatic rings. The van der Waals surface area contributed by atoms with Crippen molar-refractivity contribution in [1.29, 1.82) is 0 Å². The van der Waals surface area contributed by atoms with Gasteiger partial charge in [-0.15, -0.1) is 11.3 Å². The van der Waals surface area contributed by atoms with Crippen molar-refractivity contribution >= 4 is 27.3 Å². The van der Waals surface area contributed by atoms with Gasteiger partial charge in [-0.1, -0.05) is 35.8 Å². The third kappa shape index (κ3) is 3.33. The fourth-order valence-corrected chi connectivity index (χ4v) is 2.69. The van der Waals surface area contributed by atoms with Gasteiger partial charge in [-0.25, -0.2) is 4.98 Å². The second-order valence-corrected chi connectivity index (χ2v) is 6.34. The number of nitrogens with zero attached hydrogens (tertiary/aromatic N) is 1. The Morgan fingerprint density at radius 3 is 2.83 bits per heavy atom. The predicted molar refractivity (Wildman–Crippen MR) is 79.4 cm³/mol. The molecule has 0 bridgehead atoms. The Bertz CT molecular complexity index is 536. The summed E-state index contributed by atoms with van der Waals surface area (Å²) >= 11 is 5.15. The van der Waals surface area contributed by atoms with Crippen molar-refractivity contribution in [1.82, 2.24) is 4.98 Å². The minimum atomic E-state index is 0.483. The van der Waals surface area contributed by atoms with Crippen LogP contribution in [0.3, 0.4) is 0 Å². The highest BCUT2D eigenvalue weighted by atomic mass is 79.9. The molecular weight excluding hydrogens is 310 g/mol. The van der Waals surface area contributed by atoms with Gasteiger partial charge in [0.1, 0.15) is 12.4 Å². The van der Waals surface area contributed by atoms with Crippen LogP contribution < -0.4 is 4.74 Å². The lowest BCUT2D eigenvalue weighted by Gasteiger charge is -2.08. The zero-order valence-electron chi connectivity index (χ0n) is 10.7. The highest BCUT2D eigenvalue weighted by Crippen LogP contribution is 2.25. The average Bonchev–Trinajstić information content (AvgIpc) is 2.79. The molecule has 1 aromatic heterocycles. The van der Waals surface area contributed by atoms with Gasteiger partial charge in [0, 0.05) is 15.8 Å². The van der Waals surface area contributed by atoms with E-state index in [2.05, 4.69) is 40.1 Å². The van der Waals surface area contributed by atoms with Crippen LogP contribution in [0.1, 0.15) is 36.0 Å². The molecule has 0 spiro atoms. The minimum Gasteiger partial charge on any atom is -0.487 e. The Balaban J connectivity index is 2.04. The van der Waals surface area contributed by atoms with Crippen LogP contribution in [-0.4, -0.2) is 4.98 Å². The fourth-order valence-electron chi connectivity index (χ4n) is 1.54. The molecule has 4 heteroatoms. The topological polar surface area (TPSA) is 22.1 Å². The van der Waals surface area contributed by atoms with Gasteiger partial charge in [-0.2, -0.15) is 0 Å². The third-order valence-corrected chi connectivity index (χ3v) is 4.28. The average molecular weight is 326 g/mol. The van der Waals surface area contributed by atoms with E-state index < -0.39 is 0 Å². The van der Waals surface area contributed by atoms with E-state index in [0.29, 0.717) is 12.5 Å². The van der Waals surface area contributed by atoms with Crippen molar-refractivity contribution in [2.45, 2.75) is 33.3 Å². The van der Waals surface area contributed by atoms with E-state index in [1.54, 1.807) is 11.3 Å². The van der Waals surface area contributed by atoms with Gasteiger partial charge in [-0.05, 0) is 24.6 Å². The molecule has 0 saturated carbocycles. The monoisotopic (exact) mass is 325 g/mol. The Morgan fingerprint density at radius 2 is 2.17 bits per heavy atom. The summed E-state index contributed by atoms with van der Waals surface area (Å²) < 4.78 is 6.84. The molecule has 0 aliphatic carbocycles. The second-order valence-electron chi connectivity index (χ2n) is 4.53. The van der Waals surface area contributed by atoms with Crippen molar-refractivity contribution in [3.05, 3.63) is 44.3 Å². The standard InChI is InChI=1S/C14H16BrNOS/c1-9(2)14-16-12(8-18-14)7-17-13-6-11(15)5-4-10(13)3/h4-6,8-9H,7H2,1-3H3. The van der Waals surface area contributed by atoms with E-state index in [9.17, 15) is 0 Å². The van der Waals surface area contributed by atoms with Gasteiger partial charge in [0.25, 0.3) is 0 Å². The van der Waals surface area contributed by atoms with Crippen molar-refractivity contribution in [2.75, 3.05) is 0 Å². The van der Waals surface area contributed by atoms with Crippen molar-refractivity contribution in [3.8, 4) is 5.75 Å². The van der Waals surface area contributed by atoms with Gasteiger partial charge in [-0.3, -0.25) is 0 Å². The lowest BCUT2D eigenvalue weighted by Crippen LogP contribution is -1.98. The molecule has 96 valence electrons. The molecule has 0 saturated heterocycles. The largest absolute Gasteiger partial charge is 0.487 e. The van der Waals surface area contributed by atoms with Crippen LogP contribution in [0.5, 0.6) is 5.75 Å². The zero-order valence-corrected chi connectivity index (χ0v) is 13.1. The predicted octanol–water partition coefficient (Wildman–Crippen LogP) is 4.92. The van der Waals surface area contributed by atoms with Gasteiger partial charge in [0.05, 0.1) is 10.7 Å². The smallest absolute Gasteiger partial charge is 0.131 e. The fraction of sp³-hybridized carbons (Fsp3) is 0.357. The normalized spacial score (nSPS) is 10.9. The SMILES string of the molecule is Cc1ccc(Br)cc1OCc1csc(C(C)C)n1. The van der Waals surface area contributed by atoms with Crippen LogP contribution in [0.4, 0.5) is 0 Å². The highest BCUT2D eigenvalue weighted by molar-refractivity contribution is 9.10. The number of aromatic nitrogens is 1. The molecule has 18 heavy (non-hydrogen) atoms. The maximum Gasteiger partial charge on any atom is 0.131 e. The molecule has 1 aromatic carbocycles. The van der Waals surface area contributed by atoms with Crippen LogP contribution in [0.15, 0.2) is 28.1 Å². The van der Waals surface area contributed by atoms with Crippen molar-refractivity contribution < 1.29 is 4.74 Å².